The Kier molecular flexibility index (Phi) is 6.26. The van der Waals surface area contributed by atoms with Crippen LogP contribution in [0.3, 0.4) is 0 Å². The molecule has 1 unspecified atom stereocenters. The number of aryl methyl sites for hydroxylation is 1. The van der Waals surface area contributed by atoms with Gasteiger partial charge in [-0.15, -0.1) is 5.10 Å². The Bertz CT molecular complexity index is 928. The molecule has 2 fully saturated rings. The van der Waals surface area contributed by atoms with Crippen LogP contribution in [0.2, 0.25) is 0 Å². The fourth-order valence-corrected chi connectivity index (χ4v) is 4.83. The number of amides is 1. The van der Waals surface area contributed by atoms with E-state index in [1.165, 1.54) is 5.56 Å². The van der Waals surface area contributed by atoms with Crippen molar-refractivity contribution < 1.29 is 19.0 Å². The van der Waals surface area contributed by atoms with Gasteiger partial charge >= 0.3 is 0 Å². The number of fused-ring (bicyclic) bond motifs is 1. The predicted molar refractivity (Wildman–Crippen MR) is 117 cm³/mol. The Hall–Kier alpha value is -2.29. The summed E-state index contributed by atoms with van der Waals surface area (Å²) in [6, 6.07) is 8.19. The van der Waals surface area contributed by atoms with Crippen molar-refractivity contribution in [3.63, 3.8) is 0 Å². The number of rotatable bonds is 6. The molecule has 172 valence electrons. The van der Waals surface area contributed by atoms with Crippen LogP contribution >= 0.6 is 0 Å². The minimum absolute atomic E-state index is 0.187. The third-order valence-corrected chi connectivity index (χ3v) is 6.94. The summed E-state index contributed by atoms with van der Waals surface area (Å²) >= 11 is 0. The van der Waals surface area contributed by atoms with Gasteiger partial charge < -0.3 is 19.1 Å². The van der Waals surface area contributed by atoms with Gasteiger partial charge in [0.2, 0.25) is 5.91 Å². The van der Waals surface area contributed by atoms with Crippen molar-refractivity contribution >= 4 is 5.91 Å². The molecular formula is C24H32N4O4. The van der Waals surface area contributed by atoms with Gasteiger partial charge in [-0.25, -0.2) is 4.68 Å². The van der Waals surface area contributed by atoms with Crippen LogP contribution in [-0.2, 0) is 45.2 Å². The zero-order valence-electron chi connectivity index (χ0n) is 18.8. The molecule has 8 heteroatoms. The van der Waals surface area contributed by atoms with Gasteiger partial charge in [-0.2, -0.15) is 0 Å². The van der Waals surface area contributed by atoms with Gasteiger partial charge in [-0.3, -0.25) is 4.79 Å². The molecule has 3 aliphatic rings. The number of benzene rings is 1. The molecular weight excluding hydrogens is 408 g/mol. The fourth-order valence-electron chi connectivity index (χ4n) is 4.83. The maximum absolute atomic E-state index is 12.8. The first-order chi connectivity index (χ1) is 15.6. The van der Waals surface area contributed by atoms with Crippen LogP contribution in [0.5, 0.6) is 0 Å². The van der Waals surface area contributed by atoms with E-state index in [9.17, 15) is 4.79 Å². The molecule has 2 saturated heterocycles. The number of carbonyl (C=O) groups excluding carboxylic acids is 1. The van der Waals surface area contributed by atoms with E-state index < -0.39 is 0 Å². The van der Waals surface area contributed by atoms with Crippen LogP contribution < -0.4 is 0 Å². The average molecular weight is 441 g/mol. The molecule has 8 nitrogen and oxygen atoms in total. The summed E-state index contributed by atoms with van der Waals surface area (Å²) in [7, 11) is 0. The van der Waals surface area contributed by atoms with Gasteiger partial charge in [-0.1, -0.05) is 35.0 Å². The van der Waals surface area contributed by atoms with Gasteiger partial charge in [-0.05, 0) is 38.2 Å². The fraction of sp³-hybridized carbons (Fsp3) is 0.625. The van der Waals surface area contributed by atoms with Crippen molar-refractivity contribution in [2.45, 2.75) is 70.5 Å². The second-order valence-corrected chi connectivity index (χ2v) is 9.31. The number of hydrogen-bond donors (Lipinski definition) is 0. The van der Waals surface area contributed by atoms with Gasteiger partial charge in [0.1, 0.15) is 5.69 Å². The molecule has 1 spiro atoms. The topological polar surface area (TPSA) is 78.7 Å². The van der Waals surface area contributed by atoms with Crippen molar-refractivity contribution in [2.24, 2.45) is 0 Å². The molecule has 1 amide bonds. The molecule has 1 atom stereocenters. The highest BCUT2D eigenvalue weighted by atomic mass is 16.5. The lowest BCUT2D eigenvalue weighted by Gasteiger charge is -2.43. The predicted octanol–water partition coefficient (Wildman–Crippen LogP) is 2.42. The number of aromatic nitrogens is 3. The zero-order chi connectivity index (χ0) is 22.0. The van der Waals surface area contributed by atoms with E-state index in [2.05, 4.69) is 29.4 Å². The van der Waals surface area contributed by atoms with Crippen LogP contribution in [0.25, 0.3) is 0 Å². The molecule has 1 aromatic heterocycles. The first kappa shape index (κ1) is 21.6. The number of ether oxygens (including phenoxy) is 3. The van der Waals surface area contributed by atoms with Gasteiger partial charge in [0, 0.05) is 19.7 Å². The highest BCUT2D eigenvalue weighted by Gasteiger charge is 2.41. The molecule has 0 N–H and O–H groups in total. The van der Waals surface area contributed by atoms with E-state index in [1.54, 1.807) is 0 Å². The summed E-state index contributed by atoms with van der Waals surface area (Å²) in [4.78, 5) is 14.7. The quantitative estimate of drug-likeness (QED) is 0.687. The smallest absolute Gasteiger partial charge is 0.226 e. The van der Waals surface area contributed by atoms with Crippen molar-refractivity contribution in [1.29, 1.82) is 0 Å². The molecule has 5 rings (SSSR count). The Morgan fingerprint density at radius 1 is 1.25 bits per heavy atom. The maximum Gasteiger partial charge on any atom is 0.226 e. The van der Waals surface area contributed by atoms with Gasteiger partial charge in [0.15, 0.2) is 0 Å². The second kappa shape index (κ2) is 9.29. The number of likely N-dealkylation sites (tertiary alicyclic amines) is 1. The van der Waals surface area contributed by atoms with Crippen LogP contribution in [0.15, 0.2) is 24.3 Å². The lowest BCUT2D eigenvalue weighted by atomic mass is 9.89. The minimum Gasteiger partial charge on any atom is -0.376 e. The summed E-state index contributed by atoms with van der Waals surface area (Å²) < 4.78 is 19.7. The first-order valence-electron chi connectivity index (χ1n) is 11.7. The molecule has 3 aliphatic heterocycles. The highest BCUT2D eigenvalue weighted by Crippen LogP contribution is 2.33. The first-order valence-corrected chi connectivity index (χ1v) is 11.7. The molecule has 32 heavy (non-hydrogen) atoms. The number of nitrogens with zero attached hydrogens (tertiary/aromatic N) is 4. The van der Waals surface area contributed by atoms with Crippen LogP contribution in [0.1, 0.15) is 48.2 Å². The number of carbonyl (C=O) groups is 1. The standard InChI is InChI=1S/C24H32N4O4/c1-18-4-6-19(7-5-18)13-23(29)27-10-8-24(9-11-27)17-28-22(16-32-24)21(25-26-28)15-30-14-20-3-2-12-31-20/h4-7,20H,2-3,8-17H2,1H3. The van der Waals surface area contributed by atoms with E-state index in [1.807, 2.05) is 21.7 Å². The molecule has 0 saturated carbocycles. The van der Waals surface area contributed by atoms with Crippen molar-refractivity contribution in [3.8, 4) is 0 Å². The van der Waals surface area contributed by atoms with E-state index in [0.29, 0.717) is 45.9 Å². The monoisotopic (exact) mass is 440 g/mol. The van der Waals surface area contributed by atoms with E-state index in [0.717, 1.165) is 49.2 Å². The van der Waals surface area contributed by atoms with Gasteiger partial charge in [0.05, 0.1) is 50.2 Å². The normalized spacial score (nSPS) is 22.3. The average Bonchev–Trinajstić information content (AvgIpc) is 3.46. The zero-order valence-corrected chi connectivity index (χ0v) is 18.8. The second-order valence-electron chi connectivity index (χ2n) is 9.31. The molecule has 4 heterocycles. The molecule has 1 aromatic carbocycles. The van der Waals surface area contributed by atoms with Gasteiger partial charge in [0.25, 0.3) is 0 Å². The van der Waals surface area contributed by atoms with E-state index in [-0.39, 0.29) is 17.6 Å². The lowest BCUT2D eigenvalue weighted by molar-refractivity contribution is -0.145. The number of piperidine rings is 1. The Labute approximate surface area is 188 Å². The minimum atomic E-state index is -0.267. The van der Waals surface area contributed by atoms with E-state index >= 15 is 0 Å². The Balaban J connectivity index is 1.12. The maximum atomic E-state index is 12.8. The van der Waals surface area contributed by atoms with Crippen molar-refractivity contribution in [2.75, 3.05) is 26.3 Å². The third kappa shape index (κ3) is 4.72. The summed E-state index contributed by atoms with van der Waals surface area (Å²) in [6.45, 7) is 6.53. The summed E-state index contributed by atoms with van der Waals surface area (Å²) in [5.41, 5.74) is 3.86. The molecule has 2 aromatic rings. The molecule has 0 aliphatic carbocycles. The summed E-state index contributed by atoms with van der Waals surface area (Å²) in [5, 5.41) is 8.71. The summed E-state index contributed by atoms with van der Waals surface area (Å²) in [6.07, 6.45) is 4.47. The summed E-state index contributed by atoms with van der Waals surface area (Å²) in [5.74, 6) is 0.187. The molecule has 0 bridgehead atoms. The van der Waals surface area contributed by atoms with E-state index in [4.69, 9.17) is 14.2 Å². The lowest BCUT2D eigenvalue weighted by Crippen LogP contribution is -2.52. The number of hydrogen-bond acceptors (Lipinski definition) is 6. The Morgan fingerprint density at radius 3 is 2.81 bits per heavy atom. The van der Waals surface area contributed by atoms with Crippen molar-refractivity contribution in [3.05, 3.63) is 46.8 Å². The van der Waals surface area contributed by atoms with Crippen LogP contribution in [0, 0.1) is 6.92 Å². The highest BCUT2D eigenvalue weighted by molar-refractivity contribution is 5.78. The largest absolute Gasteiger partial charge is 0.376 e. The third-order valence-electron chi connectivity index (χ3n) is 6.94. The Morgan fingerprint density at radius 2 is 2.06 bits per heavy atom. The molecule has 0 radical (unpaired) electrons. The van der Waals surface area contributed by atoms with Crippen molar-refractivity contribution in [1.82, 2.24) is 19.9 Å². The van der Waals surface area contributed by atoms with Crippen LogP contribution in [-0.4, -0.2) is 63.8 Å². The van der Waals surface area contributed by atoms with Crippen LogP contribution in [0.4, 0.5) is 0 Å². The SMILES string of the molecule is Cc1ccc(CC(=O)N2CCC3(CC2)Cn2nnc(COCC4CCCO4)c2CO3)cc1.